The average Bonchev–Trinajstić information content (AvgIpc) is 3.43. The van der Waals surface area contributed by atoms with Gasteiger partial charge in [0.1, 0.15) is 5.75 Å². The summed E-state index contributed by atoms with van der Waals surface area (Å²) in [5, 5.41) is 7.23. The molecule has 1 amide bonds. The van der Waals surface area contributed by atoms with Crippen molar-refractivity contribution in [2.75, 3.05) is 7.11 Å². The number of nitrogens with zero attached hydrogens (tertiary/aromatic N) is 3. The topological polar surface area (TPSA) is 54.3 Å². The number of carbonyl (C=O) groups is 1. The lowest BCUT2D eigenvalue weighted by Crippen LogP contribution is -2.26. The summed E-state index contributed by atoms with van der Waals surface area (Å²) in [6, 6.07) is 23.4. The number of carbonyl (C=O) groups excluding carboxylic acids is 1. The van der Waals surface area contributed by atoms with E-state index in [4.69, 9.17) is 21.4 Å². The fourth-order valence-corrected chi connectivity index (χ4v) is 5.21. The quantitative estimate of drug-likeness (QED) is 0.335. The van der Waals surface area contributed by atoms with Crippen LogP contribution in [-0.2, 0) is 0 Å². The predicted molar refractivity (Wildman–Crippen MR) is 143 cm³/mol. The third-order valence-electron chi connectivity index (χ3n) is 5.57. The molecule has 0 bridgehead atoms. The van der Waals surface area contributed by atoms with Crippen LogP contribution in [0.15, 0.2) is 92.3 Å². The number of thioether (sulfide) groups is 1. The lowest BCUT2D eigenvalue weighted by Gasteiger charge is -2.24. The van der Waals surface area contributed by atoms with Crippen molar-refractivity contribution in [3.05, 3.63) is 104 Å². The maximum absolute atomic E-state index is 12.4. The van der Waals surface area contributed by atoms with E-state index in [0.29, 0.717) is 17.3 Å². The van der Waals surface area contributed by atoms with Gasteiger partial charge in [0.25, 0.3) is 0 Å². The monoisotopic (exact) mass is 551 g/mol. The molecule has 2 aliphatic rings. The van der Waals surface area contributed by atoms with Crippen LogP contribution >= 0.6 is 39.3 Å². The SMILES string of the molecule is COc1ccc(C2=NN(C3=NC(=O)S/C3=C\c3cccc(Br)c3)C(c3ccc(Cl)cc3)C2)cc1. The van der Waals surface area contributed by atoms with Crippen LogP contribution in [-0.4, -0.2) is 28.9 Å². The van der Waals surface area contributed by atoms with Gasteiger partial charge in [0, 0.05) is 15.9 Å². The summed E-state index contributed by atoms with van der Waals surface area (Å²) in [6.07, 6.45) is 2.63. The van der Waals surface area contributed by atoms with Gasteiger partial charge in [0.2, 0.25) is 0 Å². The highest BCUT2D eigenvalue weighted by Crippen LogP contribution is 2.40. The molecule has 2 heterocycles. The van der Waals surface area contributed by atoms with E-state index < -0.39 is 0 Å². The predicted octanol–water partition coefficient (Wildman–Crippen LogP) is 7.57. The molecule has 2 aliphatic heterocycles. The normalized spacial score (nSPS) is 18.9. The molecule has 3 aromatic rings. The summed E-state index contributed by atoms with van der Waals surface area (Å²) in [5.74, 6) is 1.34. The van der Waals surface area contributed by atoms with Crippen molar-refractivity contribution in [1.29, 1.82) is 0 Å². The first-order chi connectivity index (χ1) is 16.5. The first-order valence-electron chi connectivity index (χ1n) is 10.5. The van der Waals surface area contributed by atoms with Crippen LogP contribution in [0.25, 0.3) is 6.08 Å². The van der Waals surface area contributed by atoms with Crippen molar-refractivity contribution in [2.45, 2.75) is 12.5 Å². The van der Waals surface area contributed by atoms with E-state index in [-0.39, 0.29) is 11.3 Å². The number of methoxy groups -OCH3 is 1. The maximum Gasteiger partial charge on any atom is 0.311 e. The van der Waals surface area contributed by atoms with Crippen LogP contribution in [0, 0.1) is 0 Å². The van der Waals surface area contributed by atoms with Crippen molar-refractivity contribution in [3.63, 3.8) is 0 Å². The standard InChI is InChI=1S/C26H19BrClN3O2S/c1-33-21-11-7-17(8-12-21)22-15-23(18-5-9-20(28)10-6-18)31(30-22)25-24(34-26(32)29-25)14-16-3-2-4-19(27)13-16/h2-14,23H,15H2,1H3/b24-14-. The fraction of sp³-hybridized carbons (Fsp3) is 0.115. The second-order valence-corrected chi connectivity index (χ2v) is 10.1. The largest absolute Gasteiger partial charge is 0.497 e. The summed E-state index contributed by atoms with van der Waals surface area (Å²) in [6.45, 7) is 0. The summed E-state index contributed by atoms with van der Waals surface area (Å²) in [5.41, 5.74) is 3.93. The molecule has 0 spiro atoms. The first-order valence-corrected chi connectivity index (χ1v) is 12.5. The van der Waals surface area contributed by atoms with Gasteiger partial charge in [0.15, 0.2) is 5.84 Å². The zero-order chi connectivity index (χ0) is 23.7. The first kappa shape index (κ1) is 22.9. The van der Waals surface area contributed by atoms with E-state index in [1.54, 1.807) is 7.11 Å². The van der Waals surface area contributed by atoms with Gasteiger partial charge < -0.3 is 4.74 Å². The molecule has 0 saturated heterocycles. The number of benzene rings is 3. The maximum atomic E-state index is 12.4. The van der Waals surface area contributed by atoms with Crippen molar-refractivity contribution in [3.8, 4) is 5.75 Å². The molecule has 34 heavy (non-hydrogen) atoms. The van der Waals surface area contributed by atoms with Gasteiger partial charge >= 0.3 is 5.24 Å². The molecule has 0 aliphatic carbocycles. The van der Waals surface area contributed by atoms with E-state index in [9.17, 15) is 4.79 Å². The molecule has 1 unspecified atom stereocenters. The minimum absolute atomic E-state index is 0.120. The van der Waals surface area contributed by atoms with Crippen molar-refractivity contribution < 1.29 is 9.53 Å². The molecular formula is C26H19BrClN3O2S. The Morgan fingerprint density at radius 1 is 1.12 bits per heavy atom. The minimum atomic E-state index is -0.251. The number of amides is 1. The van der Waals surface area contributed by atoms with Crippen LogP contribution in [0.3, 0.4) is 0 Å². The molecule has 0 radical (unpaired) electrons. The molecule has 0 aromatic heterocycles. The highest BCUT2D eigenvalue weighted by atomic mass is 79.9. The number of hydrogen-bond acceptors (Lipinski definition) is 5. The molecule has 0 N–H and O–H groups in total. The van der Waals surface area contributed by atoms with E-state index in [1.165, 1.54) is 0 Å². The van der Waals surface area contributed by atoms with Crippen LogP contribution in [0.5, 0.6) is 5.75 Å². The molecule has 3 aromatic carbocycles. The Kier molecular flexibility index (Phi) is 6.59. The van der Waals surface area contributed by atoms with Gasteiger partial charge in [-0.25, -0.2) is 5.01 Å². The van der Waals surface area contributed by atoms with Gasteiger partial charge in [-0.3, -0.25) is 4.79 Å². The number of hydrogen-bond donors (Lipinski definition) is 0. The zero-order valence-electron chi connectivity index (χ0n) is 18.1. The van der Waals surface area contributed by atoms with Gasteiger partial charge in [-0.05, 0) is 83.1 Å². The van der Waals surface area contributed by atoms with Crippen LogP contribution in [0.4, 0.5) is 4.79 Å². The molecule has 5 rings (SSSR count). The van der Waals surface area contributed by atoms with Crippen molar-refractivity contribution in [2.24, 2.45) is 10.1 Å². The smallest absolute Gasteiger partial charge is 0.311 e. The van der Waals surface area contributed by atoms with Crippen molar-refractivity contribution >= 4 is 62.2 Å². The lowest BCUT2D eigenvalue weighted by atomic mass is 9.98. The Bertz CT molecular complexity index is 1340. The van der Waals surface area contributed by atoms with E-state index in [0.717, 1.165) is 49.3 Å². The Hall–Kier alpha value is -2.87. The van der Waals surface area contributed by atoms with Crippen molar-refractivity contribution in [1.82, 2.24) is 5.01 Å². The highest BCUT2D eigenvalue weighted by Gasteiger charge is 2.36. The fourth-order valence-electron chi connectivity index (χ4n) is 3.92. The average molecular weight is 553 g/mol. The van der Waals surface area contributed by atoms with Gasteiger partial charge in [-0.2, -0.15) is 10.1 Å². The Morgan fingerprint density at radius 2 is 1.88 bits per heavy atom. The number of amidine groups is 1. The molecular weight excluding hydrogens is 534 g/mol. The van der Waals surface area contributed by atoms with Gasteiger partial charge in [-0.1, -0.05) is 51.8 Å². The molecule has 0 saturated carbocycles. The van der Waals surface area contributed by atoms with E-state index in [1.807, 2.05) is 83.9 Å². The summed E-state index contributed by atoms with van der Waals surface area (Å²) in [4.78, 5) is 17.5. The highest BCUT2D eigenvalue weighted by molar-refractivity contribution is 9.10. The molecule has 0 fully saturated rings. The lowest BCUT2D eigenvalue weighted by molar-refractivity contribution is 0.267. The second-order valence-electron chi connectivity index (χ2n) is 7.76. The second kappa shape index (κ2) is 9.78. The molecule has 170 valence electrons. The van der Waals surface area contributed by atoms with Gasteiger partial charge in [0.05, 0.1) is 23.8 Å². The molecule has 8 heteroatoms. The number of aliphatic imine (C=N–C) groups is 1. The Morgan fingerprint density at radius 3 is 2.59 bits per heavy atom. The summed E-state index contributed by atoms with van der Waals surface area (Å²) >= 11 is 10.8. The van der Waals surface area contributed by atoms with E-state index >= 15 is 0 Å². The van der Waals surface area contributed by atoms with Crippen LogP contribution in [0.2, 0.25) is 5.02 Å². The van der Waals surface area contributed by atoms with Crippen LogP contribution in [0.1, 0.15) is 29.2 Å². The van der Waals surface area contributed by atoms with Gasteiger partial charge in [-0.15, -0.1) is 0 Å². The Labute approximate surface area is 215 Å². The minimum Gasteiger partial charge on any atom is -0.497 e. The van der Waals surface area contributed by atoms with Crippen LogP contribution < -0.4 is 4.74 Å². The number of hydrazone groups is 1. The summed E-state index contributed by atoms with van der Waals surface area (Å²) < 4.78 is 6.26. The molecule has 5 nitrogen and oxygen atoms in total. The number of halogens is 2. The third kappa shape index (κ3) is 4.82. The zero-order valence-corrected chi connectivity index (χ0v) is 21.3. The van der Waals surface area contributed by atoms with E-state index in [2.05, 4.69) is 20.9 Å². The Balaban J connectivity index is 1.56. The molecule has 1 atom stereocenters. The summed E-state index contributed by atoms with van der Waals surface area (Å²) in [7, 11) is 1.65. The number of rotatable bonds is 4. The number of ether oxygens (including phenoxy) is 1. The third-order valence-corrected chi connectivity index (χ3v) is 7.10.